The smallest absolute Gasteiger partial charge is 0.252 e. The number of para-hydroxylation sites is 3. The van der Waals surface area contributed by atoms with Crippen molar-refractivity contribution >= 4 is 57.2 Å². The minimum absolute atomic E-state index is 0.108. The van der Waals surface area contributed by atoms with E-state index in [1.807, 2.05) is 60.7 Å². The van der Waals surface area contributed by atoms with Crippen molar-refractivity contribution in [3.8, 4) is 34.2 Å². The molecule has 0 radical (unpaired) electrons. The number of aromatic nitrogens is 3. The Bertz CT molecular complexity index is 2480. The molecule has 0 amide bonds. The monoisotopic (exact) mass is 651 g/mol. The van der Waals surface area contributed by atoms with Crippen LogP contribution < -0.4 is 26.2 Å². The lowest BCUT2D eigenvalue weighted by Gasteiger charge is -2.44. The van der Waals surface area contributed by atoms with Crippen molar-refractivity contribution in [1.29, 1.82) is 0 Å². The molecule has 6 heteroatoms. The molecule has 10 rings (SSSR count). The van der Waals surface area contributed by atoms with Crippen molar-refractivity contribution in [2.75, 3.05) is 9.80 Å². The molecule has 0 saturated heterocycles. The topological polar surface area (TPSA) is 45.2 Å². The highest BCUT2D eigenvalue weighted by molar-refractivity contribution is 7.00. The predicted octanol–water partition coefficient (Wildman–Crippen LogP) is 8.96. The van der Waals surface area contributed by atoms with Crippen LogP contribution in [-0.2, 0) is 0 Å². The fourth-order valence-corrected chi connectivity index (χ4v) is 7.67. The predicted molar refractivity (Wildman–Crippen MR) is 210 cm³/mol. The number of hydrogen-bond donors (Lipinski definition) is 0. The summed E-state index contributed by atoms with van der Waals surface area (Å²) in [4.78, 5) is 19.6. The van der Waals surface area contributed by atoms with Crippen LogP contribution in [0.4, 0.5) is 34.1 Å². The summed E-state index contributed by atoms with van der Waals surface area (Å²) in [6.45, 7) is 0.108. The van der Waals surface area contributed by atoms with E-state index in [0.29, 0.717) is 17.5 Å². The maximum Gasteiger partial charge on any atom is 0.252 e. The Kier molecular flexibility index (Phi) is 6.84. The molecular formula is C45H30BN5. The second kappa shape index (κ2) is 12.0. The average Bonchev–Trinajstić information content (AvgIpc) is 3.21. The molecule has 238 valence electrons. The normalized spacial score (nSPS) is 12.6. The molecule has 1 aromatic heterocycles. The molecule has 0 N–H and O–H groups in total. The molecule has 3 heterocycles. The summed E-state index contributed by atoms with van der Waals surface area (Å²) >= 11 is 0. The Morgan fingerprint density at radius 3 is 1.18 bits per heavy atom. The molecule has 8 aromatic rings. The van der Waals surface area contributed by atoms with Crippen LogP contribution in [0.1, 0.15) is 0 Å². The summed E-state index contributed by atoms with van der Waals surface area (Å²) in [7, 11) is 0. The lowest BCUT2D eigenvalue weighted by Crippen LogP contribution is -2.61. The molecule has 0 saturated carbocycles. The Balaban J connectivity index is 1.12. The lowest BCUT2D eigenvalue weighted by atomic mass is 9.33. The third-order valence-corrected chi connectivity index (χ3v) is 9.91. The summed E-state index contributed by atoms with van der Waals surface area (Å²) in [5.74, 6) is 1.94. The molecule has 5 nitrogen and oxygen atoms in total. The van der Waals surface area contributed by atoms with E-state index >= 15 is 0 Å². The molecule has 0 unspecified atom stereocenters. The van der Waals surface area contributed by atoms with Crippen LogP contribution >= 0.6 is 0 Å². The molecule has 0 bridgehead atoms. The Morgan fingerprint density at radius 1 is 0.314 bits per heavy atom. The number of anilines is 6. The van der Waals surface area contributed by atoms with Gasteiger partial charge in [0.15, 0.2) is 17.5 Å². The Hall–Kier alpha value is -6.79. The van der Waals surface area contributed by atoms with Crippen molar-refractivity contribution in [2.24, 2.45) is 0 Å². The largest absolute Gasteiger partial charge is 0.311 e. The highest BCUT2D eigenvalue weighted by atomic mass is 15.2. The second-order valence-electron chi connectivity index (χ2n) is 12.9. The second-order valence-corrected chi connectivity index (χ2v) is 12.9. The molecular weight excluding hydrogens is 621 g/mol. The van der Waals surface area contributed by atoms with Gasteiger partial charge in [0.05, 0.1) is 0 Å². The molecule has 51 heavy (non-hydrogen) atoms. The van der Waals surface area contributed by atoms with Crippen molar-refractivity contribution in [3.05, 3.63) is 182 Å². The summed E-state index contributed by atoms with van der Waals surface area (Å²) in [6.07, 6.45) is 0. The number of fused-ring (bicyclic) bond motifs is 4. The SMILES string of the molecule is c1ccc(-c2nc(-c3ccccc3)nc(-c3ccc(N4c5ccccc5B5c6ccccc6N(c6ccccc6)c6cccc4c65)cc3)n2)cc1. The summed E-state index contributed by atoms with van der Waals surface area (Å²) in [6, 6.07) is 63.9. The van der Waals surface area contributed by atoms with Crippen molar-refractivity contribution in [1.82, 2.24) is 15.0 Å². The zero-order chi connectivity index (χ0) is 33.7. The number of nitrogens with zero attached hydrogens (tertiary/aromatic N) is 5. The van der Waals surface area contributed by atoms with Gasteiger partial charge in [0.1, 0.15) is 0 Å². The van der Waals surface area contributed by atoms with Gasteiger partial charge in [-0.25, -0.2) is 15.0 Å². The van der Waals surface area contributed by atoms with E-state index in [1.165, 1.54) is 39.1 Å². The van der Waals surface area contributed by atoms with E-state index in [2.05, 4.69) is 131 Å². The summed E-state index contributed by atoms with van der Waals surface area (Å²) < 4.78 is 0. The van der Waals surface area contributed by atoms with Gasteiger partial charge in [0, 0.05) is 50.8 Å². The third-order valence-electron chi connectivity index (χ3n) is 9.91. The standard InChI is InChI=1S/C45H30BN5/c1-4-15-31(16-5-1)43-47-44(32-17-6-2-7-18-32)49-45(48-43)33-27-29-35(30-28-33)51-39-24-13-11-22-37(39)46-36-21-10-12-23-38(36)50(34-19-8-3-9-20-34)40-25-14-26-41(51)42(40)46/h1-30H. The first-order valence-electron chi connectivity index (χ1n) is 17.3. The van der Waals surface area contributed by atoms with Gasteiger partial charge in [0.2, 0.25) is 0 Å². The molecule has 2 aliphatic rings. The molecule has 0 aliphatic carbocycles. The van der Waals surface area contributed by atoms with Crippen LogP contribution in [-0.4, -0.2) is 21.7 Å². The fraction of sp³-hybridized carbons (Fsp3) is 0. The first-order valence-corrected chi connectivity index (χ1v) is 17.3. The van der Waals surface area contributed by atoms with Crippen LogP contribution in [0.3, 0.4) is 0 Å². The Labute approximate surface area is 297 Å². The average molecular weight is 652 g/mol. The third kappa shape index (κ3) is 4.84. The number of benzene rings is 7. The Morgan fingerprint density at radius 2 is 0.686 bits per heavy atom. The molecule has 2 aliphatic heterocycles. The zero-order valence-corrected chi connectivity index (χ0v) is 27.6. The highest BCUT2D eigenvalue weighted by Gasteiger charge is 2.42. The van der Waals surface area contributed by atoms with E-state index in [-0.39, 0.29) is 6.71 Å². The van der Waals surface area contributed by atoms with Gasteiger partial charge >= 0.3 is 0 Å². The van der Waals surface area contributed by atoms with Gasteiger partial charge in [-0.2, -0.15) is 0 Å². The van der Waals surface area contributed by atoms with Gasteiger partial charge in [-0.15, -0.1) is 0 Å². The lowest BCUT2D eigenvalue weighted by molar-refractivity contribution is 1.07. The number of hydrogen-bond acceptors (Lipinski definition) is 5. The maximum absolute atomic E-state index is 4.97. The molecule has 7 aromatic carbocycles. The fourth-order valence-electron chi connectivity index (χ4n) is 7.67. The first-order chi connectivity index (χ1) is 25.3. The van der Waals surface area contributed by atoms with E-state index in [9.17, 15) is 0 Å². The van der Waals surface area contributed by atoms with Crippen LogP contribution in [0.15, 0.2) is 182 Å². The van der Waals surface area contributed by atoms with Gasteiger partial charge < -0.3 is 9.80 Å². The minimum atomic E-state index is 0.108. The van der Waals surface area contributed by atoms with Crippen LogP contribution in [0.2, 0.25) is 0 Å². The van der Waals surface area contributed by atoms with Gasteiger partial charge in [-0.05, 0) is 77.1 Å². The van der Waals surface area contributed by atoms with Gasteiger partial charge in [-0.3, -0.25) is 0 Å². The van der Waals surface area contributed by atoms with E-state index in [4.69, 9.17) is 15.0 Å². The molecule has 0 spiro atoms. The minimum Gasteiger partial charge on any atom is -0.311 e. The summed E-state index contributed by atoms with van der Waals surface area (Å²) in [5, 5.41) is 0. The first kappa shape index (κ1) is 29.2. The highest BCUT2D eigenvalue weighted by Crippen LogP contribution is 2.43. The van der Waals surface area contributed by atoms with Crippen molar-refractivity contribution in [3.63, 3.8) is 0 Å². The van der Waals surface area contributed by atoms with Crippen molar-refractivity contribution < 1.29 is 0 Å². The molecule has 0 fully saturated rings. The molecule has 0 atom stereocenters. The maximum atomic E-state index is 4.97. The summed E-state index contributed by atoms with van der Waals surface area (Å²) in [5.41, 5.74) is 13.7. The van der Waals surface area contributed by atoms with E-state index < -0.39 is 0 Å². The zero-order valence-electron chi connectivity index (χ0n) is 27.6. The van der Waals surface area contributed by atoms with E-state index in [0.717, 1.165) is 28.1 Å². The van der Waals surface area contributed by atoms with Gasteiger partial charge in [0.25, 0.3) is 6.71 Å². The van der Waals surface area contributed by atoms with E-state index in [1.54, 1.807) is 0 Å². The van der Waals surface area contributed by atoms with Gasteiger partial charge in [-0.1, -0.05) is 121 Å². The van der Waals surface area contributed by atoms with Crippen LogP contribution in [0.5, 0.6) is 0 Å². The quantitative estimate of drug-likeness (QED) is 0.174. The number of rotatable bonds is 5. The van der Waals surface area contributed by atoms with Crippen LogP contribution in [0.25, 0.3) is 34.2 Å². The van der Waals surface area contributed by atoms with Crippen LogP contribution in [0, 0.1) is 0 Å². The van der Waals surface area contributed by atoms with Crippen molar-refractivity contribution in [2.45, 2.75) is 0 Å².